The van der Waals surface area contributed by atoms with Gasteiger partial charge in [0.05, 0.1) is 25.2 Å². The molecule has 0 spiro atoms. The normalized spacial score (nSPS) is 28.0. The summed E-state index contributed by atoms with van der Waals surface area (Å²) in [5.74, 6) is -1.70. The van der Waals surface area contributed by atoms with Gasteiger partial charge < -0.3 is 28.4 Å². The van der Waals surface area contributed by atoms with Gasteiger partial charge in [-0.3, -0.25) is 0 Å². The molecule has 3 aliphatic heterocycles. The summed E-state index contributed by atoms with van der Waals surface area (Å²) in [6.45, 7) is 6.14. The first-order valence-electron chi connectivity index (χ1n) is 9.78. The molecule has 0 aliphatic carbocycles. The van der Waals surface area contributed by atoms with Crippen molar-refractivity contribution in [3.63, 3.8) is 0 Å². The summed E-state index contributed by atoms with van der Waals surface area (Å²) < 4.78 is 32.2. The second-order valence-electron chi connectivity index (χ2n) is 7.71. The molecule has 3 aliphatic rings. The fourth-order valence-electron chi connectivity index (χ4n) is 3.37. The molecule has 0 aromatic heterocycles. The van der Waals surface area contributed by atoms with E-state index < -0.39 is 41.5 Å². The monoisotopic (exact) mass is 422 g/mol. The lowest BCUT2D eigenvalue weighted by Gasteiger charge is -2.47. The van der Waals surface area contributed by atoms with Crippen molar-refractivity contribution in [2.24, 2.45) is 5.41 Å². The summed E-state index contributed by atoms with van der Waals surface area (Å²) in [5.41, 5.74) is -0.225. The van der Waals surface area contributed by atoms with Gasteiger partial charge in [0.15, 0.2) is 5.79 Å². The lowest BCUT2D eigenvalue weighted by Crippen LogP contribution is -2.55. The number of ether oxygens (including phenoxy) is 6. The van der Waals surface area contributed by atoms with Crippen LogP contribution < -0.4 is 0 Å². The molecule has 0 bridgehead atoms. The number of cyclic esters (lactones) is 3. The molecule has 0 N–H and O–H groups in total. The van der Waals surface area contributed by atoms with E-state index in [0.717, 1.165) is 0 Å². The van der Waals surface area contributed by atoms with Crippen molar-refractivity contribution >= 4 is 18.1 Å². The first-order valence-corrected chi connectivity index (χ1v) is 9.78. The van der Waals surface area contributed by atoms with Crippen molar-refractivity contribution in [3.05, 3.63) is 36.0 Å². The fourth-order valence-corrected chi connectivity index (χ4v) is 3.37. The van der Waals surface area contributed by atoms with E-state index in [1.54, 1.807) is 39.0 Å². The van der Waals surface area contributed by atoms with Crippen molar-refractivity contribution in [2.45, 2.75) is 45.2 Å². The van der Waals surface area contributed by atoms with Crippen LogP contribution in [0.2, 0.25) is 0 Å². The molecule has 9 heteroatoms. The third kappa shape index (κ3) is 5.28. The van der Waals surface area contributed by atoms with Gasteiger partial charge in [-0.15, -0.1) is 0 Å². The minimum Gasteiger partial charge on any atom is -0.463 e. The number of hydrogen-bond acceptors (Lipinski definition) is 9. The largest absolute Gasteiger partial charge is 0.509 e. The Morgan fingerprint density at radius 2 is 1.93 bits per heavy atom. The topological polar surface area (TPSA) is 107 Å². The number of esters is 2. The first-order chi connectivity index (χ1) is 14.2. The number of rotatable bonds is 6. The predicted molar refractivity (Wildman–Crippen MR) is 102 cm³/mol. The maximum absolute atomic E-state index is 12.1. The quantitative estimate of drug-likeness (QED) is 0.276. The summed E-state index contributed by atoms with van der Waals surface area (Å²) in [4.78, 5) is 35.0. The molecule has 2 fully saturated rings. The molecular formula is C21H26O9. The van der Waals surface area contributed by atoms with Crippen molar-refractivity contribution in [1.82, 2.24) is 0 Å². The maximum atomic E-state index is 12.1. The van der Waals surface area contributed by atoms with Crippen LogP contribution in [0, 0.1) is 5.41 Å². The van der Waals surface area contributed by atoms with Crippen molar-refractivity contribution in [1.29, 1.82) is 0 Å². The van der Waals surface area contributed by atoms with Crippen molar-refractivity contribution in [3.8, 4) is 0 Å². The van der Waals surface area contributed by atoms with E-state index in [-0.39, 0.29) is 26.4 Å². The standard InChI is InChI=1S/C21H26O9/c1-4-25-17(22)7-5-6-8-21(12-27-20(2,3)28-13-21)16-10-15(29-19(24)30-16)14-9-18(23)26-11-14/h5-9,15-16H,4,10-13H2,1-3H3/b7-5+,8-6+/t15-,16+/m0/s1. The van der Waals surface area contributed by atoms with E-state index >= 15 is 0 Å². The van der Waals surface area contributed by atoms with E-state index in [2.05, 4.69) is 0 Å². The molecular weight excluding hydrogens is 396 g/mol. The smallest absolute Gasteiger partial charge is 0.463 e. The maximum Gasteiger partial charge on any atom is 0.509 e. The van der Waals surface area contributed by atoms with Crippen LogP contribution in [-0.2, 0) is 38.0 Å². The third-order valence-electron chi connectivity index (χ3n) is 5.08. The van der Waals surface area contributed by atoms with Crippen LogP contribution in [0.5, 0.6) is 0 Å². The van der Waals surface area contributed by atoms with Gasteiger partial charge in [0.25, 0.3) is 0 Å². The zero-order chi connectivity index (χ0) is 21.8. The number of carbonyl (C=O) groups excluding carboxylic acids is 3. The number of allylic oxidation sites excluding steroid dienone is 2. The third-order valence-corrected chi connectivity index (χ3v) is 5.08. The Balaban J connectivity index is 1.80. The van der Waals surface area contributed by atoms with E-state index in [1.807, 2.05) is 0 Å². The Labute approximate surface area is 174 Å². The van der Waals surface area contributed by atoms with Crippen LogP contribution in [0.3, 0.4) is 0 Å². The highest BCUT2D eigenvalue weighted by Crippen LogP contribution is 2.40. The van der Waals surface area contributed by atoms with E-state index in [0.29, 0.717) is 12.0 Å². The van der Waals surface area contributed by atoms with Crippen molar-refractivity contribution < 1.29 is 42.8 Å². The minimum absolute atomic E-state index is 0.0780. The first kappa shape index (κ1) is 22.0. The van der Waals surface area contributed by atoms with Crippen LogP contribution in [-0.4, -0.2) is 62.5 Å². The van der Waals surface area contributed by atoms with Gasteiger partial charge >= 0.3 is 18.1 Å². The van der Waals surface area contributed by atoms with Crippen molar-refractivity contribution in [2.75, 3.05) is 26.4 Å². The second kappa shape index (κ2) is 9.01. The molecule has 0 amide bonds. The lowest BCUT2D eigenvalue weighted by atomic mass is 9.78. The molecule has 0 unspecified atom stereocenters. The number of carbonyl (C=O) groups is 3. The van der Waals surface area contributed by atoms with Crippen LogP contribution in [0.1, 0.15) is 27.2 Å². The van der Waals surface area contributed by atoms with Gasteiger partial charge in [-0.2, -0.15) is 0 Å². The average molecular weight is 422 g/mol. The van der Waals surface area contributed by atoms with Gasteiger partial charge in [0.2, 0.25) is 0 Å². The zero-order valence-corrected chi connectivity index (χ0v) is 17.3. The Hall–Kier alpha value is -2.65. The highest BCUT2D eigenvalue weighted by atomic mass is 16.7. The van der Waals surface area contributed by atoms with Gasteiger partial charge in [0.1, 0.15) is 18.8 Å². The fraction of sp³-hybridized carbons (Fsp3) is 0.571. The van der Waals surface area contributed by atoms with E-state index in [1.165, 1.54) is 12.2 Å². The van der Waals surface area contributed by atoms with E-state index in [4.69, 9.17) is 28.4 Å². The Bertz CT molecular complexity index is 767. The van der Waals surface area contributed by atoms with Crippen LogP contribution in [0.4, 0.5) is 4.79 Å². The molecule has 2 saturated heterocycles. The SMILES string of the molecule is CCOC(=O)/C=C/C=C/C1([C@H]2C[C@@H](C3=CC(=O)OC3)OC(=O)O2)COC(C)(C)OC1. The van der Waals surface area contributed by atoms with Gasteiger partial charge in [-0.05, 0) is 20.8 Å². The average Bonchev–Trinajstić information content (AvgIpc) is 3.13. The second-order valence-corrected chi connectivity index (χ2v) is 7.71. The Morgan fingerprint density at radius 1 is 1.20 bits per heavy atom. The molecule has 30 heavy (non-hydrogen) atoms. The summed E-state index contributed by atoms with van der Waals surface area (Å²) >= 11 is 0. The Kier molecular flexibility index (Phi) is 6.62. The van der Waals surface area contributed by atoms with Crippen LogP contribution in [0.15, 0.2) is 36.0 Å². The lowest BCUT2D eigenvalue weighted by molar-refractivity contribution is -0.292. The minimum atomic E-state index is -0.837. The summed E-state index contributed by atoms with van der Waals surface area (Å²) in [7, 11) is 0. The van der Waals surface area contributed by atoms with Gasteiger partial charge in [-0.25, -0.2) is 14.4 Å². The van der Waals surface area contributed by atoms with Crippen LogP contribution >= 0.6 is 0 Å². The summed E-state index contributed by atoms with van der Waals surface area (Å²) in [6, 6.07) is 0. The summed E-state index contributed by atoms with van der Waals surface area (Å²) in [5, 5.41) is 0. The highest BCUT2D eigenvalue weighted by molar-refractivity contribution is 5.85. The van der Waals surface area contributed by atoms with Crippen LogP contribution in [0.25, 0.3) is 0 Å². The molecule has 0 saturated carbocycles. The van der Waals surface area contributed by atoms with Gasteiger partial charge in [0, 0.05) is 24.1 Å². The molecule has 3 heterocycles. The molecule has 2 atom stereocenters. The molecule has 9 nitrogen and oxygen atoms in total. The molecule has 164 valence electrons. The zero-order valence-electron chi connectivity index (χ0n) is 17.3. The predicted octanol–water partition coefficient (Wildman–Crippen LogP) is 2.21. The van der Waals surface area contributed by atoms with E-state index in [9.17, 15) is 14.4 Å². The summed E-state index contributed by atoms with van der Waals surface area (Å²) in [6.07, 6.45) is 5.83. The number of hydrogen-bond donors (Lipinski definition) is 0. The Morgan fingerprint density at radius 3 is 2.57 bits per heavy atom. The molecule has 0 aromatic carbocycles. The van der Waals surface area contributed by atoms with Gasteiger partial charge in [-0.1, -0.05) is 18.2 Å². The highest BCUT2D eigenvalue weighted by Gasteiger charge is 2.50. The molecule has 0 radical (unpaired) electrons. The molecule has 0 aromatic rings. The molecule has 3 rings (SSSR count).